The first-order valence-electron chi connectivity index (χ1n) is 9.54. The Bertz CT molecular complexity index is 388. The molecule has 0 fully saturated rings. The fraction of sp³-hybridized carbons (Fsp3) is 0.850. The van der Waals surface area contributed by atoms with E-state index in [-0.39, 0.29) is 5.41 Å². The Morgan fingerprint density at radius 3 is 1.86 bits per heavy atom. The van der Waals surface area contributed by atoms with Crippen LogP contribution in [0.1, 0.15) is 103 Å². The largest absolute Gasteiger partial charge is 0.273 e. The predicted octanol–water partition coefficient (Wildman–Crippen LogP) is 6.32. The van der Waals surface area contributed by atoms with Gasteiger partial charge in [-0.25, -0.2) is 0 Å². The number of aromatic nitrogens is 2. The molecule has 1 unspecified atom stereocenters. The molecule has 1 heterocycles. The molecular formula is C20H38N2. The van der Waals surface area contributed by atoms with E-state index >= 15 is 0 Å². The minimum atomic E-state index is 0.270. The molecule has 0 bridgehead atoms. The van der Waals surface area contributed by atoms with E-state index in [0.717, 1.165) is 0 Å². The Morgan fingerprint density at radius 2 is 1.41 bits per heavy atom. The lowest BCUT2D eigenvalue weighted by atomic mass is 9.77. The van der Waals surface area contributed by atoms with Crippen LogP contribution < -0.4 is 0 Å². The van der Waals surface area contributed by atoms with E-state index in [9.17, 15) is 0 Å². The Morgan fingerprint density at radius 1 is 0.909 bits per heavy atom. The van der Waals surface area contributed by atoms with E-state index in [2.05, 4.69) is 40.8 Å². The smallest absolute Gasteiger partial charge is 0.0686 e. The van der Waals surface area contributed by atoms with Crippen molar-refractivity contribution >= 4 is 0 Å². The molecule has 22 heavy (non-hydrogen) atoms. The number of hydrogen-bond acceptors (Lipinski definition) is 1. The first-order valence-corrected chi connectivity index (χ1v) is 9.54. The van der Waals surface area contributed by atoms with Gasteiger partial charge >= 0.3 is 0 Å². The quantitative estimate of drug-likeness (QED) is 0.413. The highest BCUT2D eigenvalue weighted by atomic mass is 15.3. The summed E-state index contributed by atoms with van der Waals surface area (Å²) in [6, 6.07) is 2.31. The molecule has 1 aromatic rings. The van der Waals surface area contributed by atoms with Gasteiger partial charge < -0.3 is 0 Å². The Hall–Kier alpha value is -0.790. The van der Waals surface area contributed by atoms with Crippen molar-refractivity contribution in [1.29, 1.82) is 0 Å². The van der Waals surface area contributed by atoms with Crippen molar-refractivity contribution in [1.82, 2.24) is 9.78 Å². The van der Waals surface area contributed by atoms with Crippen molar-refractivity contribution in [3.8, 4) is 0 Å². The molecule has 0 aliphatic heterocycles. The van der Waals surface area contributed by atoms with Crippen molar-refractivity contribution in [2.24, 2.45) is 7.05 Å². The molecule has 1 rings (SSSR count). The fourth-order valence-electron chi connectivity index (χ4n) is 3.30. The first-order chi connectivity index (χ1) is 10.5. The summed E-state index contributed by atoms with van der Waals surface area (Å²) in [5, 5.41) is 4.81. The second-order valence-corrected chi connectivity index (χ2v) is 7.33. The lowest BCUT2D eigenvalue weighted by Crippen LogP contribution is -2.23. The first kappa shape index (κ1) is 19.3. The molecule has 128 valence electrons. The average molecular weight is 307 g/mol. The highest BCUT2D eigenvalue weighted by molar-refractivity contribution is 5.18. The summed E-state index contributed by atoms with van der Waals surface area (Å²) in [4.78, 5) is 0. The normalized spacial score (nSPS) is 14.2. The molecule has 0 spiro atoms. The maximum atomic E-state index is 4.81. The van der Waals surface area contributed by atoms with Crippen LogP contribution in [0, 0.1) is 6.92 Å². The van der Waals surface area contributed by atoms with Crippen molar-refractivity contribution in [3.05, 3.63) is 17.5 Å². The molecule has 2 nitrogen and oxygen atoms in total. The summed E-state index contributed by atoms with van der Waals surface area (Å²) >= 11 is 0. The van der Waals surface area contributed by atoms with Gasteiger partial charge in [0.05, 0.1) is 5.69 Å². The van der Waals surface area contributed by atoms with Crippen molar-refractivity contribution in [3.63, 3.8) is 0 Å². The van der Waals surface area contributed by atoms with Gasteiger partial charge in [0.2, 0.25) is 0 Å². The van der Waals surface area contributed by atoms with Crippen molar-refractivity contribution in [2.45, 2.75) is 104 Å². The van der Waals surface area contributed by atoms with Gasteiger partial charge in [0.1, 0.15) is 0 Å². The lowest BCUT2D eigenvalue weighted by Gasteiger charge is -2.28. The highest BCUT2D eigenvalue weighted by Crippen LogP contribution is 2.35. The van der Waals surface area contributed by atoms with Gasteiger partial charge in [-0.2, -0.15) is 5.10 Å². The van der Waals surface area contributed by atoms with Crippen LogP contribution in [0.3, 0.4) is 0 Å². The molecule has 0 saturated heterocycles. The molecule has 1 atom stereocenters. The summed E-state index contributed by atoms with van der Waals surface area (Å²) in [6.45, 7) is 9.18. The molecule has 0 saturated carbocycles. The number of unbranched alkanes of at least 4 members (excludes halogenated alkanes) is 7. The Kier molecular flexibility index (Phi) is 8.82. The van der Waals surface area contributed by atoms with Crippen molar-refractivity contribution in [2.75, 3.05) is 0 Å². The van der Waals surface area contributed by atoms with Crippen LogP contribution >= 0.6 is 0 Å². The van der Waals surface area contributed by atoms with Gasteiger partial charge in [0.15, 0.2) is 0 Å². The van der Waals surface area contributed by atoms with E-state index in [1.807, 2.05) is 4.68 Å². The molecule has 0 aliphatic carbocycles. The van der Waals surface area contributed by atoms with Crippen LogP contribution in [0.15, 0.2) is 6.07 Å². The number of hydrogen-bond donors (Lipinski definition) is 0. The highest BCUT2D eigenvalue weighted by Gasteiger charge is 2.28. The Balaban J connectivity index is 2.62. The van der Waals surface area contributed by atoms with Gasteiger partial charge in [-0.05, 0) is 25.8 Å². The fourth-order valence-corrected chi connectivity index (χ4v) is 3.30. The lowest BCUT2D eigenvalue weighted by molar-refractivity contribution is 0.352. The van der Waals surface area contributed by atoms with E-state index in [0.29, 0.717) is 0 Å². The van der Waals surface area contributed by atoms with Gasteiger partial charge in [0.25, 0.3) is 0 Å². The molecule has 1 aromatic heterocycles. The summed E-state index contributed by atoms with van der Waals surface area (Å²) in [5.41, 5.74) is 2.87. The Labute approximate surface area is 138 Å². The molecule has 0 N–H and O–H groups in total. The maximum absolute atomic E-state index is 4.81. The molecule has 2 heteroatoms. The summed E-state index contributed by atoms with van der Waals surface area (Å²) < 4.78 is 2.04. The van der Waals surface area contributed by atoms with E-state index in [4.69, 9.17) is 5.10 Å². The molecular weight excluding hydrogens is 268 g/mol. The third kappa shape index (κ3) is 6.14. The predicted molar refractivity (Wildman–Crippen MR) is 97.4 cm³/mol. The number of rotatable bonds is 12. The number of nitrogens with zero attached hydrogens (tertiary/aromatic N) is 2. The van der Waals surface area contributed by atoms with Gasteiger partial charge in [0, 0.05) is 18.2 Å². The topological polar surface area (TPSA) is 17.8 Å². The van der Waals surface area contributed by atoms with Crippen LogP contribution in [0.4, 0.5) is 0 Å². The van der Waals surface area contributed by atoms with E-state index in [1.165, 1.54) is 82.0 Å². The van der Waals surface area contributed by atoms with Crippen LogP contribution in [0.25, 0.3) is 0 Å². The van der Waals surface area contributed by atoms with Gasteiger partial charge in [-0.1, -0.05) is 78.6 Å². The third-order valence-electron chi connectivity index (χ3n) is 5.15. The van der Waals surface area contributed by atoms with Crippen LogP contribution in [0.2, 0.25) is 0 Å². The summed E-state index contributed by atoms with van der Waals surface area (Å²) in [7, 11) is 2.07. The monoisotopic (exact) mass is 306 g/mol. The maximum Gasteiger partial charge on any atom is 0.0686 e. The molecule has 0 aromatic carbocycles. The zero-order valence-electron chi connectivity index (χ0n) is 15.7. The second-order valence-electron chi connectivity index (χ2n) is 7.33. The standard InChI is InChI=1S/C20H38N2/c1-6-8-10-12-14-16-20(4,15-13-11-9-7-2)19-17-18(3)22(5)21-19/h17H,6-16H2,1-5H3. The van der Waals surface area contributed by atoms with Crippen LogP contribution in [0.5, 0.6) is 0 Å². The van der Waals surface area contributed by atoms with Crippen molar-refractivity contribution < 1.29 is 0 Å². The van der Waals surface area contributed by atoms with E-state index < -0.39 is 0 Å². The molecule has 0 amide bonds. The van der Waals surface area contributed by atoms with Gasteiger partial charge in [-0.15, -0.1) is 0 Å². The van der Waals surface area contributed by atoms with Crippen LogP contribution in [-0.4, -0.2) is 9.78 Å². The summed E-state index contributed by atoms with van der Waals surface area (Å²) in [5.74, 6) is 0. The zero-order chi connectivity index (χ0) is 16.4. The van der Waals surface area contributed by atoms with E-state index in [1.54, 1.807) is 0 Å². The van der Waals surface area contributed by atoms with Gasteiger partial charge in [-0.3, -0.25) is 4.68 Å². The zero-order valence-corrected chi connectivity index (χ0v) is 15.7. The molecule has 0 aliphatic rings. The average Bonchev–Trinajstić information content (AvgIpc) is 2.84. The third-order valence-corrected chi connectivity index (χ3v) is 5.15. The minimum Gasteiger partial charge on any atom is -0.273 e. The molecule has 0 radical (unpaired) electrons. The minimum absolute atomic E-state index is 0.270. The second kappa shape index (κ2) is 10.1. The summed E-state index contributed by atoms with van der Waals surface area (Å²) in [6.07, 6.45) is 14.8. The van der Waals surface area contributed by atoms with Crippen LogP contribution in [-0.2, 0) is 12.5 Å². The SMILES string of the molecule is CCCCCCCC(C)(CCCCCC)c1cc(C)n(C)n1. The number of aryl methyl sites for hydroxylation is 2.